The summed E-state index contributed by atoms with van der Waals surface area (Å²) in [6, 6.07) is 41.8. The van der Waals surface area contributed by atoms with Gasteiger partial charge in [-0.1, -0.05) is 0 Å². The molecule has 0 aliphatic heterocycles. The van der Waals surface area contributed by atoms with Gasteiger partial charge in [0.2, 0.25) is 0 Å². The zero-order valence-electron chi connectivity index (χ0n) is 18.4. The second kappa shape index (κ2) is 10.3. The van der Waals surface area contributed by atoms with E-state index in [1.54, 1.807) is 0 Å². The summed E-state index contributed by atoms with van der Waals surface area (Å²) in [6.07, 6.45) is 2.32. The minimum Gasteiger partial charge on any atom is -0.147 e. The van der Waals surface area contributed by atoms with Crippen LogP contribution in [0.3, 0.4) is 0 Å². The van der Waals surface area contributed by atoms with E-state index in [0.29, 0.717) is 11.9 Å². The quantitative estimate of drug-likeness (QED) is 0.289. The number of rotatable bonds is 8. The Balaban J connectivity index is 0.00000289. The van der Waals surface area contributed by atoms with Crippen molar-refractivity contribution in [3.05, 3.63) is 127 Å². The van der Waals surface area contributed by atoms with Gasteiger partial charge >= 0.3 is 186 Å². The van der Waals surface area contributed by atoms with E-state index in [2.05, 4.69) is 104 Å². The first-order chi connectivity index (χ1) is 15.1. The Kier molecular flexibility index (Phi) is 7.67. The molecular weight excluding hydrogens is 431 g/mol. The average molecular weight is 461 g/mol. The van der Waals surface area contributed by atoms with Crippen LogP contribution in [0.5, 0.6) is 0 Å². The standard InChI is InChI=1S/C29H29OP.ClH/c1-31(26-18-8-3-9-19-26,27-20-10-4-11-21-27,28-22-12-5-13-23-28)29(30)24-14-17-25-15-6-2-7-16-25;/h2-13,15-16,18-23H,14,17,24H2,1H3;1H. The van der Waals surface area contributed by atoms with Gasteiger partial charge in [-0.2, -0.15) is 0 Å². The minimum absolute atomic E-state index is 0. The van der Waals surface area contributed by atoms with Crippen molar-refractivity contribution < 1.29 is 4.79 Å². The monoisotopic (exact) mass is 460 g/mol. The van der Waals surface area contributed by atoms with Crippen molar-refractivity contribution in [3.8, 4) is 0 Å². The first kappa shape index (κ1) is 23.9. The van der Waals surface area contributed by atoms with Gasteiger partial charge in [0.1, 0.15) is 0 Å². The van der Waals surface area contributed by atoms with Crippen LogP contribution in [-0.4, -0.2) is 12.2 Å². The van der Waals surface area contributed by atoms with E-state index >= 15 is 0 Å². The number of carbonyl (C=O) groups excluding carboxylic acids is 1. The third-order valence-electron chi connectivity index (χ3n) is 6.53. The molecule has 4 rings (SSSR count). The topological polar surface area (TPSA) is 17.1 Å². The predicted octanol–water partition coefficient (Wildman–Crippen LogP) is 6.12. The molecule has 0 aromatic heterocycles. The molecule has 164 valence electrons. The maximum atomic E-state index is 14.4. The molecule has 3 heteroatoms. The van der Waals surface area contributed by atoms with Crippen molar-refractivity contribution >= 4 is 40.4 Å². The summed E-state index contributed by atoms with van der Waals surface area (Å²) in [5, 5.41) is 3.40. The van der Waals surface area contributed by atoms with Crippen LogP contribution in [0.25, 0.3) is 0 Å². The Labute approximate surface area is 197 Å². The Morgan fingerprint density at radius 1 is 0.594 bits per heavy atom. The zero-order valence-corrected chi connectivity index (χ0v) is 20.1. The van der Waals surface area contributed by atoms with Gasteiger partial charge < -0.3 is 0 Å². The fourth-order valence-corrected chi connectivity index (χ4v) is 9.88. The molecule has 0 amide bonds. The number of hydrogen-bond donors (Lipinski definition) is 0. The predicted molar refractivity (Wildman–Crippen MR) is 143 cm³/mol. The summed E-state index contributed by atoms with van der Waals surface area (Å²) >= 11 is 0. The molecule has 0 N–H and O–H groups in total. The van der Waals surface area contributed by atoms with E-state index in [0.717, 1.165) is 28.8 Å². The molecule has 0 atom stereocenters. The van der Waals surface area contributed by atoms with Crippen LogP contribution in [-0.2, 0) is 11.2 Å². The van der Waals surface area contributed by atoms with Crippen LogP contribution < -0.4 is 15.9 Å². The molecule has 1 nitrogen and oxygen atoms in total. The van der Waals surface area contributed by atoms with Crippen molar-refractivity contribution in [2.24, 2.45) is 0 Å². The Hall–Kier alpha value is -2.73. The molecule has 0 saturated heterocycles. The molecule has 4 aromatic rings. The summed E-state index contributed by atoms with van der Waals surface area (Å²) in [5.74, 6) is 0. The number of benzene rings is 4. The van der Waals surface area contributed by atoms with E-state index in [4.69, 9.17) is 0 Å². The Morgan fingerprint density at radius 2 is 0.938 bits per heavy atom. The van der Waals surface area contributed by atoms with Gasteiger partial charge in [0.15, 0.2) is 0 Å². The maximum absolute atomic E-state index is 14.4. The van der Waals surface area contributed by atoms with Crippen LogP contribution in [0.4, 0.5) is 0 Å². The van der Waals surface area contributed by atoms with Crippen molar-refractivity contribution in [2.75, 3.05) is 6.66 Å². The summed E-state index contributed by atoms with van der Waals surface area (Å²) in [6.45, 7) is -1.08. The van der Waals surface area contributed by atoms with Gasteiger partial charge in [-0.15, -0.1) is 12.4 Å². The van der Waals surface area contributed by atoms with Crippen LogP contribution in [0, 0.1) is 0 Å². The summed E-state index contributed by atoms with van der Waals surface area (Å²) in [5.41, 5.74) is 1.64. The molecule has 0 bridgehead atoms. The van der Waals surface area contributed by atoms with Gasteiger partial charge in [0, 0.05) is 0 Å². The fraction of sp³-hybridized carbons (Fsp3) is 0.138. The van der Waals surface area contributed by atoms with E-state index in [9.17, 15) is 4.79 Å². The van der Waals surface area contributed by atoms with E-state index in [1.165, 1.54) is 5.56 Å². The first-order valence-electron chi connectivity index (χ1n) is 10.9. The van der Waals surface area contributed by atoms with Gasteiger partial charge in [-0.25, -0.2) is 0 Å². The largest absolute Gasteiger partial charge is 0.147 e. The van der Waals surface area contributed by atoms with E-state index in [1.807, 2.05) is 24.3 Å². The third kappa shape index (κ3) is 4.16. The molecule has 0 radical (unpaired) electrons. The van der Waals surface area contributed by atoms with Gasteiger partial charge in [0.25, 0.3) is 0 Å². The average Bonchev–Trinajstić information content (AvgIpc) is 2.86. The van der Waals surface area contributed by atoms with Crippen LogP contribution in [0.15, 0.2) is 121 Å². The molecule has 0 fully saturated rings. The summed E-state index contributed by atoms with van der Waals surface area (Å²) in [4.78, 5) is 14.4. The Morgan fingerprint density at radius 3 is 1.31 bits per heavy atom. The molecule has 0 aliphatic carbocycles. The normalized spacial score (nSPS) is 12.2. The molecule has 0 heterocycles. The van der Waals surface area contributed by atoms with Crippen LogP contribution >= 0.6 is 19.0 Å². The summed E-state index contributed by atoms with van der Waals surface area (Å²) < 4.78 is 0. The van der Waals surface area contributed by atoms with Crippen molar-refractivity contribution in [2.45, 2.75) is 19.3 Å². The zero-order chi connectivity index (χ0) is 21.6. The van der Waals surface area contributed by atoms with E-state index < -0.39 is 6.60 Å². The number of halogens is 1. The van der Waals surface area contributed by atoms with E-state index in [-0.39, 0.29) is 12.4 Å². The van der Waals surface area contributed by atoms with Gasteiger partial charge in [0.05, 0.1) is 0 Å². The van der Waals surface area contributed by atoms with Crippen molar-refractivity contribution in [3.63, 3.8) is 0 Å². The molecular formula is C29H30ClOP. The number of carbonyl (C=O) groups is 1. The SMILES string of the molecule is CP(C(=O)CCCc1ccccc1)(c1ccccc1)(c1ccccc1)c1ccccc1.Cl. The molecule has 4 aromatic carbocycles. The second-order valence-corrected chi connectivity index (χ2v) is 13.5. The van der Waals surface area contributed by atoms with Crippen molar-refractivity contribution in [1.82, 2.24) is 0 Å². The molecule has 0 aliphatic rings. The van der Waals surface area contributed by atoms with Gasteiger partial charge in [-0.3, -0.25) is 0 Å². The van der Waals surface area contributed by atoms with Crippen LogP contribution in [0.1, 0.15) is 18.4 Å². The fourth-order valence-electron chi connectivity index (χ4n) is 4.65. The van der Waals surface area contributed by atoms with Gasteiger partial charge in [-0.05, 0) is 0 Å². The first-order valence-corrected chi connectivity index (χ1v) is 13.6. The molecule has 32 heavy (non-hydrogen) atoms. The summed E-state index contributed by atoms with van der Waals surface area (Å²) in [7, 11) is 0. The Bertz CT molecular complexity index is 1030. The number of hydrogen-bond acceptors (Lipinski definition) is 1. The van der Waals surface area contributed by atoms with Crippen molar-refractivity contribution in [1.29, 1.82) is 0 Å². The van der Waals surface area contributed by atoms with Crippen LogP contribution in [0.2, 0.25) is 0 Å². The molecule has 0 spiro atoms. The third-order valence-corrected chi connectivity index (χ3v) is 12.8. The smallest absolute Gasteiger partial charge is 0.147 e. The number of aryl methyl sites for hydroxylation is 1. The molecule has 0 saturated carbocycles. The minimum atomic E-state index is -3.32. The molecule has 0 unspecified atom stereocenters. The second-order valence-electron chi connectivity index (χ2n) is 8.30. The maximum Gasteiger partial charge on any atom is -0.147 e.